The van der Waals surface area contributed by atoms with Gasteiger partial charge < -0.3 is 9.72 Å². The first kappa shape index (κ1) is 19.3. The first-order chi connectivity index (χ1) is 14.6. The summed E-state index contributed by atoms with van der Waals surface area (Å²) in [6.45, 7) is 2.74. The van der Waals surface area contributed by atoms with Crippen molar-refractivity contribution in [3.63, 3.8) is 0 Å². The van der Waals surface area contributed by atoms with Gasteiger partial charge in [-0.25, -0.2) is 4.98 Å². The fraction of sp³-hybridized carbons (Fsp3) is 0.250. The predicted molar refractivity (Wildman–Crippen MR) is 123 cm³/mol. The zero-order chi connectivity index (χ0) is 20.7. The van der Waals surface area contributed by atoms with Crippen LogP contribution < -0.4 is 10.3 Å². The number of aryl methyl sites for hydroxylation is 1. The first-order valence-electron chi connectivity index (χ1n) is 10.1. The molecule has 1 N–H and O–H groups in total. The molecule has 152 valence electrons. The third-order valence-corrected chi connectivity index (χ3v) is 7.01. The highest BCUT2D eigenvalue weighted by atomic mass is 35.5. The lowest BCUT2D eigenvalue weighted by Gasteiger charge is -2.17. The van der Waals surface area contributed by atoms with Gasteiger partial charge in [0.25, 0.3) is 5.56 Å². The Labute approximate surface area is 183 Å². The second-order valence-electron chi connectivity index (χ2n) is 7.89. The average molecular weight is 437 g/mol. The molecule has 4 aromatic rings. The molecule has 0 bridgehead atoms. The van der Waals surface area contributed by atoms with E-state index in [2.05, 4.69) is 11.9 Å². The molecular formula is C24H21ClN2O2S. The molecule has 1 aliphatic rings. The van der Waals surface area contributed by atoms with Crippen LogP contribution in [0.25, 0.3) is 21.6 Å². The second kappa shape index (κ2) is 7.89. The molecule has 0 saturated heterocycles. The Balaban J connectivity index is 1.38. The summed E-state index contributed by atoms with van der Waals surface area (Å²) in [6.07, 6.45) is 3.16. The molecule has 0 unspecified atom stereocenters. The van der Waals surface area contributed by atoms with Gasteiger partial charge in [0, 0.05) is 15.5 Å². The number of hydrogen-bond donors (Lipinski definition) is 1. The fourth-order valence-corrected chi connectivity index (χ4v) is 5.45. The van der Waals surface area contributed by atoms with Crippen molar-refractivity contribution in [1.29, 1.82) is 0 Å². The van der Waals surface area contributed by atoms with Gasteiger partial charge in [0.1, 0.15) is 23.0 Å². The van der Waals surface area contributed by atoms with Crippen LogP contribution in [0, 0.1) is 5.92 Å². The van der Waals surface area contributed by atoms with E-state index in [1.54, 1.807) is 11.3 Å². The molecule has 0 saturated carbocycles. The zero-order valence-electron chi connectivity index (χ0n) is 16.6. The molecule has 2 heterocycles. The molecule has 2 aromatic heterocycles. The Morgan fingerprint density at radius 1 is 1.17 bits per heavy atom. The first-order valence-corrected chi connectivity index (χ1v) is 11.3. The molecule has 5 rings (SSSR count). The molecule has 0 spiro atoms. The van der Waals surface area contributed by atoms with E-state index >= 15 is 0 Å². The van der Waals surface area contributed by atoms with Gasteiger partial charge in [0.2, 0.25) is 0 Å². The molecule has 1 aliphatic carbocycles. The summed E-state index contributed by atoms with van der Waals surface area (Å²) in [4.78, 5) is 22.7. The van der Waals surface area contributed by atoms with Gasteiger partial charge in [-0.15, -0.1) is 11.3 Å². The van der Waals surface area contributed by atoms with Crippen LogP contribution in [0.2, 0.25) is 5.02 Å². The quantitative estimate of drug-likeness (QED) is 0.426. The second-order valence-corrected chi connectivity index (χ2v) is 9.41. The number of thiophene rings is 1. The number of rotatable bonds is 4. The lowest BCUT2D eigenvalue weighted by molar-refractivity contribution is 0.306. The molecular weight excluding hydrogens is 416 g/mol. The molecule has 2 aromatic carbocycles. The van der Waals surface area contributed by atoms with Crippen LogP contribution >= 0.6 is 22.9 Å². The van der Waals surface area contributed by atoms with E-state index in [4.69, 9.17) is 21.3 Å². The van der Waals surface area contributed by atoms with Crippen molar-refractivity contribution in [2.75, 3.05) is 0 Å². The number of benzene rings is 2. The molecule has 30 heavy (non-hydrogen) atoms. The van der Waals surface area contributed by atoms with Crippen molar-refractivity contribution in [3.05, 3.63) is 79.9 Å². The van der Waals surface area contributed by atoms with Crippen molar-refractivity contribution >= 4 is 33.2 Å². The molecule has 0 amide bonds. The smallest absolute Gasteiger partial charge is 0.260 e. The van der Waals surface area contributed by atoms with Crippen LogP contribution in [-0.4, -0.2) is 9.97 Å². The summed E-state index contributed by atoms with van der Waals surface area (Å²) in [7, 11) is 0. The lowest BCUT2D eigenvalue weighted by atomic mass is 9.89. The maximum absolute atomic E-state index is 12.8. The summed E-state index contributed by atoms with van der Waals surface area (Å²) in [5.74, 6) is 2.03. The predicted octanol–water partition coefficient (Wildman–Crippen LogP) is 6.01. The van der Waals surface area contributed by atoms with Crippen LogP contribution in [0.15, 0.2) is 53.3 Å². The Morgan fingerprint density at radius 3 is 2.70 bits per heavy atom. The average Bonchev–Trinajstić information content (AvgIpc) is 3.11. The summed E-state index contributed by atoms with van der Waals surface area (Å²) in [5, 5.41) is 1.50. The number of H-pyrrole nitrogens is 1. The summed E-state index contributed by atoms with van der Waals surface area (Å²) in [5.41, 5.74) is 3.09. The minimum absolute atomic E-state index is 0.0369. The van der Waals surface area contributed by atoms with Gasteiger partial charge in [-0.05, 0) is 72.7 Å². The number of nitrogens with one attached hydrogen (secondary N) is 1. The molecule has 0 fully saturated rings. The van der Waals surface area contributed by atoms with E-state index in [1.807, 2.05) is 48.5 Å². The fourth-order valence-electron chi connectivity index (χ4n) is 3.94. The molecule has 0 aliphatic heterocycles. The zero-order valence-corrected chi connectivity index (χ0v) is 18.1. The number of hydrogen-bond acceptors (Lipinski definition) is 4. The third kappa shape index (κ3) is 3.75. The molecule has 1 atom stereocenters. The normalized spacial score (nSPS) is 15.9. The van der Waals surface area contributed by atoms with Crippen molar-refractivity contribution in [3.8, 4) is 17.1 Å². The van der Waals surface area contributed by atoms with E-state index in [0.29, 0.717) is 23.4 Å². The highest BCUT2D eigenvalue weighted by molar-refractivity contribution is 7.18. The van der Waals surface area contributed by atoms with Crippen LogP contribution in [-0.2, 0) is 19.4 Å². The van der Waals surface area contributed by atoms with Gasteiger partial charge in [0.05, 0.1) is 5.39 Å². The van der Waals surface area contributed by atoms with E-state index < -0.39 is 0 Å². The minimum atomic E-state index is -0.0369. The number of ether oxygens (including phenoxy) is 1. The largest absolute Gasteiger partial charge is 0.489 e. The van der Waals surface area contributed by atoms with Gasteiger partial charge in [0.15, 0.2) is 0 Å². The van der Waals surface area contributed by atoms with E-state index in [1.165, 1.54) is 10.4 Å². The van der Waals surface area contributed by atoms with Crippen LogP contribution in [0.5, 0.6) is 5.75 Å². The van der Waals surface area contributed by atoms with Gasteiger partial charge in [-0.3, -0.25) is 4.79 Å². The Kier molecular flexibility index (Phi) is 5.09. The standard InChI is InChI=1S/C24H21ClN2O2S/c1-14-2-11-19-20(12-14)30-24-21(19)23(28)26-22(27-24)16-5-9-18(10-6-16)29-13-15-3-7-17(25)8-4-15/h3-10,14H,2,11-13H2,1H3,(H,26,27,28)/t14-/m1/s1. The summed E-state index contributed by atoms with van der Waals surface area (Å²) >= 11 is 7.59. The number of nitrogens with zero attached hydrogens (tertiary/aromatic N) is 1. The van der Waals surface area contributed by atoms with Crippen LogP contribution in [0.1, 0.15) is 29.3 Å². The Bertz CT molecular complexity index is 1260. The third-order valence-electron chi connectivity index (χ3n) is 5.61. The molecule has 6 heteroatoms. The van der Waals surface area contributed by atoms with E-state index in [0.717, 1.165) is 46.4 Å². The SMILES string of the molecule is C[C@@H]1CCc2c(sc3nc(-c4ccc(OCc5ccc(Cl)cc5)cc4)[nH]c(=O)c23)C1. The number of halogens is 1. The Hall–Kier alpha value is -2.63. The number of fused-ring (bicyclic) bond motifs is 3. The summed E-state index contributed by atoms with van der Waals surface area (Å²) < 4.78 is 5.85. The minimum Gasteiger partial charge on any atom is -0.489 e. The van der Waals surface area contributed by atoms with Crippen LogP contribution in [0.4, 0.5) is 0 Å². The maximum atomic E-state index is 12.8. The highest BCUT2D eigenvalue weighted by Crippen LogP contribution is 2.36. The Morgan fingerprint density at radius 2 is 1.93 bits per heavy atom. The van der Waals surface area contributed by atoms with Crippen molar-refractivity contribution < 1.29 is 4.74 Å². The van der Waals surface area contributed by atoms with Crippen molar-refractivity contribution in [2.45, 2.75) is 32.8 Å². The van der Waals surface area contributed by atoms with Crippen LogP contribution in [0.3, 0.4) is 0 Å². The van der Waals surface area contributed by atoms with Gasteiger partial charge in [-0.2, -0.15) is 0 Å². The summed E-state index contributed by atoms with van der Waals surface area (Å²) in [6, 6.07) is 15.2. The lowest BCUT2D eigenvalue weighted by Crippen LogP contribution is -2.13. The van der Waals surface area contributed by atoms with Gasteiger partial charge >= 0.3 is 0 Å². The van der Waals surface area contributed by atoms with E-state index in [9.17, 15) is 4.79 Å². The monoisotopic (exact) mass is 436 g/mol. The van der Waals surface area contributed by atoms with Crippen molar-refractivity contribution in [2.24, 2.45) is 5.92 Å². The number of aromatic amines is 1. The van der Waals surface area contributed by atoms with E-state index in [-0.39, 0.29) is 5.56 Å². The maximum Gasteiger partial charge on any atom is 0.260 e. The topological polar surface area (TPSA) is 55.0 Å². The molecule has 4 nitrogen and oxygen atoms in total. The highest BCUT2D eigenvalue weighted by Gasteiger charge is 2.23. The van der Waals surface area contributed by atoms with Crippen molar-refractivity contribution in [1.82, 2.24) is 9.97 Å². The molecule has 0 radical (unpaired) electrons. The number of aromatic nitrogens is 2. The van der Waals surface area contributed by atoms with Gasteiger partial charge in [-0.1, -0.05) is 30.7 Å².